The predicted octanol–water partition coefficient (Wildman–Crippen LogP) is -0.816. The van der Waals surface area contributed by atoms with Gasteiger partial charge in [-0.1, -0.05) is 41.5 Å². The standard InChI is InChI=1S/2C5H10O2.Mg/c2*1-5(2,3)4(6)7;/h2*1-3H3,(H,6,7);/q;;+2/p-2. The molecule has 4 nitrogen and oxygen atoms in total. The van der Waals surface area contributed by atoms with E-state index in [1.54, 1.807) is 41.5 Å². The molecule has 15 heavy (non-hydrogen) atoms. The van der Waals surface area contributed by atoms with Crippen LogP contribution in [0.2, 0.25) is 0 Å². The zero-order chi connectivity index (χ0) is 12.2. The molecule has 0 aliphatic carbocycles. The summed E-state index contributed by atoms with van der Waals surface area (Å²) in [5, 5.41) is 19.8. The third-order valence-corrected chi connectivity index (χ3v) is 1.22. The Labute approximate surface area is 107 Å². The van der Waals surface area contributed by atoms with Crippen molar-refractivity contribution in [2.45, 2.75) is 41.5 Å². The zero-order valence-corrected chi connectivity index (χ0v) is 11.8. The molecular weight excluding hydrogens is 208 g/mol. The molecule has 84 valence electrons. The molecule has 0 bridgehead atoms. The molecule has 0 amide bonds. The molecule has 0 saturated heterocycles. The Balaban J connectivity index is -0.000000180. The number of aliphatic carboxylic acids is 2. The van der Waals surface area contributed by atoms with E-state index in [0.29, 0.717) is 0 Å². The van der Waals surface area contributed by atoms with Crippen molar-refractivity contribution in [1.29, 1.82) is 0 Å². The summed E-state index contributed by atoms with van der Waals surface area (Å²) >= 11 is 0. The Kier molecular flexibility index (Phi) is 9.49. The molecule has 0 spiro atoms. The molecule has 0 saturated carbocycles. The van der Waals surface area contributed by atoms with Crippen LogP contribution in [0.15, 0.2) is 0 Å². The maximum atomic E-state index is 9.91. The van der Waals surface area contributed by atoms with Gasteiger partial charge in [-0.15, -0.1) is 0 Å². The van der Waals surface area contributed by atoms with E-state index in [2.05, 4.69) is 0 Å². The second-order valence-electron chi connectivity index (χ2n) is 5.07. The van der Waals surface area contributed by atoms with Gasteiger partial charge in [0.2, 0.25) is 0 Å². The van der Waals surface area contributed by atoms with Gasteiger partial charge in [-0.3, -0.25) is 0 Å². The first-order chi connectivity index (χ1) is 5.89. The molecule has 0 heterocycles. The summed E-state index contributed by atoms with van der Waals surface area (Å²) in [4.78, 5) is 19.8. The summed E-state index contributed by atoms with van der Waals surface area (Å²) in [7, 11) is 0. The van der Waals surface area contributed by atoms with Crippen molar-refractivity contribution in [3.8, 4) is 0 Å². The van der Waals surface area contributed by atoms with Crippen molar-refractivity contribution in [2.24, 2.45) is 10.8 Å². The molecule has 5 heteroatoms. The molecule has 0 N–H and O–H groups in total. The first kappa shape index (κ1) is 20.2. The summed E-state index contributed by atoms with van der Waals surface area (Å²) in [5.41, 5.74) is -1.39. The molecule has 0 fully saturated rings. The molecule has 0 rings (SSSR count). The SMILES string of the molecule is CC(C)(C)C(=O)[O-].CC(C)(C)C(=O)[O-].[Mg+2]. The molecule has 0 aromatic carbocycles. The van der Waals surface area contributed by atoms with Gasteiger partial charge in [-0.05, 0) is 0 Å². The largest absolute Gasteiger partial charge is 2.00 e. The van der Waals surface area contributed by atoms with E-state index >= 15 is 0 Å². The minimum atomic E-state index is -1.01. The molecule has 0 radical (unpaired) electrons. The van der Waals surface area contributed by atoms with Crippen LogP contribution in [-0.2, 0) is 9.59 Å². The van der Waals surface area contributed by atoms with Crippen LogP contribution in [0.5, 0.6) is 0 Å². The van der Waals surface area contributed by atoms with Gasteiger partial charge in [0.1, 0.15) is 0 Å². The Morgan fingerprint density at radius 1 is 0.733 bits per heavy atom. The maximum absolute atomic E-state index is 9.91. The number of hydrogen-bond acceptors (Lipinski definition) is 4. The Morgan fingerprint density at radius 2 is 0.800 bits per heavy atom. The molecule has 0 aliphatic heterocycles. The van der Waals surface area contributed by atoms with Crippen molar-refractivity contribution < 1.29 is 19.8 Å². The van der Waals surface area contributed by atoms with Crippen LogP contribution in [0.1, 0.15) is 41.5 Å². The quantitative estimate of drug-likeness (QED) is 0.506. The Hall–Kier alpha value is -0.294. The number of rotatable bonds is 0. The van der Waals surface area contributed by atoms with Crippen LogP contribution in [0.25, 0.3) is 0 Å². The average molecular weight is 227 g/mol. The molecule has 0 aromatic rings. The van der Waals surface area contributed by atoms with Crippen LogP contribution in [-0.4, -0.2) is 35.0 Å². The molecule has 0 atom stereocenters. The number of carboxylic acids is 2. The van der Waals surface area contributed by atoms with Gasteiger partial charge in [0.25, 0.3) is 0 Å². The zero-order valence-electron chi connectivity index (χ0n) is 10.3. The second kappa shape index (κ2) is 7.06. The van der Waals surface area contributed by atoms with E-state index in [1.807, 2.05) is 0 Å². The number of hydrogen-bond donors (Lipinski definition) is 0. The predicted molar refractivity (Wildman–Crippen MR) is 54.7 cm³/mol. The normalized spacial score (nSPS) is 10.5. The third-order valence-electron chi connectivity index (χ3n) is 1.22. The van der Waals surface area contributed by atoms with Gasteiger partial charge in [-0.25, -0.2) is 0 Å². The van der Waals surface area contributed by atoms with Gasteiger partial charge < -0.3 is 19.8 Å². The number of carboxylic acid groups (broad SMARTS) is 2. The summed E-state index contributed by atoms with van der Waals surface area (Å²) < 4.78 is 0. The number of carbonyl (C=O) groups excluding carboxylic acids is 2. The first-order valence-corrected chi connectivity index (χ1v) is 4.32. The van der Waals surface area contributed by atoms with E-state index in [4.69, 9.17) is 0 Å². The van der Waals surface area contributed by atoms with Gasteiger partial charge >= 0.3 is 23.1 Å². The van der Waals surface area contributed by atoms with Crippen LogP contribution in [0.3, 0.4) is 0 Å². The van der Waals surface area contributed by atoms with Gasteiger partial charge in [0, 0.05) is 22.8 Å². The molecule has 0 aliphatic rings. The second-order valence-corrected chi connectivity index (χ2v) is 5.07. The average Bonchev–Trinajstić information content (AvgIpc) is 1.83. The van der Waals surface area contributed by atoms with Gasteiger partial charge in [0.15, 0.2) is 0 Å². The van der Waals surface area contributed by atoms with E-state index < -0.39 is 22.8 Å². The summed E-state index contributed by atoms with van der Waals surface area (Å²) in [5.74, 6) is -2.01. The van der Waals surface area contributed by atoms with Crippen molar-refractivity contribution in [3.63, 3.8) is 0 Å². The summed E-state index contributed by atoms with van der Waals surface area (Å²) in [6.45, 7) is 9.60. The van der Waals surface area contributed by atoms with Crippen LogP contribution in [0, 0.1) is 10.8 Å². The van der Waals surface area contributed by atoms with Crippen molar-refractivity contribution in [2.75, 3.05) is 0 Å². The molecule has 0 unspecified atom stereocenters. The van der Waals surface area contributed by atoms with Crippen molar-refractivity contribution >= 4 is 35.0 Å². The van der Waals surface area contributed by atoms with Crippen LogP contribution >= 0.6 is 0 Å². The van der Waals surface area contributed by atoms with Crippen LogP contribution in [0.4, 0.5) is 0 Å². The fraction of sp³-hybridized carbons (Fsp3) is 0.800. The van der Waals surface area contributed by atoms with E-state index in [1.165, 1.54) is 0 Å². The van der Waals surface area contributed by atoms with Gasteiger partial charge in [-0.2, -0.15) is 0 Å². The minimum absolute atomic E-state index is 0. The fourth-order valence-corrected chi connectivity index (χ4v) is 0. The smallest absolute Gasteiger partial charge is 0.550 e. The van der Waals surface area contributed by atoms with Crippen LogP contribution < -0.4 is 10.2 Å². The van der Waals surface area contributed by atoms with Crippen molar-refractivity contribution in [1.82, 2.24) is 0 Å². The third kappa shape index (κ3) is 13.7. The Morgan fingerprint density at radius 3 is 0.800 bits per heavy atom. The Bertz CT molecular complexity index is 186. The van der Waals surface area contributed by atoms with Crippen molar-refractivity contribution in [3.05, 3.63) is 0 Å². The topological polar surface area (TPSA) is 80.3 Å². The molecule has 0 aromatic heterocycles. The molecular formula is C10H18MgO4. The summed E-state index contributed by atoms with van der Waals surface area (Å²) in [6.07, 6.45) is 0. The first-order valence-electron chi connectivity index (χ1n) is 4.32. The van der Waals surface area contributed by atoms with E-state index in [-0.39, 0.29) is 23.1 Å². The number of carbonyl (C=O) groups is 2. The fourth-order valence-electron chi connectivity index (χ4n) is 0. The van der Waals surface area contributed by atoms with Gasteiger partial charge in [0.05, 0.1) is 0 Å². The van der Waals surface area contributed by atoms with E-state index in [0.717, 1.165) is 0 Å². The summed E-state index contributed by atoms with van der Waals surface area (Å²) in [6, 6.07) is 0. The minimum Gasteiger partial charge on any atom is -0.550 e. The maximum Gasteiger partial charge on any atom is 2.00 e. The van der Waals surface area contributed by atoms with E-state index in [9.17, 15) is 19.8 Å². The monoisotopic (exact) mass is 226 g/mol.